The van der Waals surface area contributed by atoms with E-state index in [1.807, 2.05) is 0 Å². The average molecular weight is 398 g/mol. The van der Waals surface area contributed by atoms with Gasteiger partial charge in [-0.2, -0.15) is 0 Å². The van der Waals surface area contributed by atoms with Gasteiger partial charge in [-0.3, -0.25) is 0 Å². The lowest BCUT2D eigenvalue weighted by molar-refractivity contribution is -0.349. The monoisotopic (exact) mass is 398 g/mol. The van der Waals surface area contributed by atoms with E-state index < -0.39 is 74.1 Å². The van der Waals surface area contributed by atoms with Crippen LogP contribution >= 0.6 is 0 Å². The summed E-state index contributed by atoms with van der Waals surface area (Å²) in [6.45, 7) is 2.84. The molecule has 27 heavy (non-hydrogen) atoms. The Balaban J connectivity index is 2.19. The van der Waals surface area contributed by atoms with Crippen LogP contribution < -0.4 is 0 Å². The van der Waals surface area contributed by atoms with Crippen molar-refractivity contribution in [3.05, 3.63) is 0 Å². The van der Waals surface area contributed by atoms with Crippen molar-refractivity contribution in [3.8, 4) is 0 Å². The first-order valence-electron chi connectivity index (χ1n) is 8.82. The van der Waals surface area contributed by atoms with Gasteiger partial charge in [0.1, 0.15) is 48.8 Å². The van der Waals surface area contributed by atoms with E-state index in [0.717, 1.165) is 0 Å². The van der Waals surface area contributed by atoms with E-state index >= 15 is 0 Å². The van der Waals surface area contributed by atoms with E-state index in [-0.39, 0.29) is 5.92 Å². The molecule has 0 spiro atoms. The van der Waals surface area contributed by atoms with Gasteiger partial charge in [0.25, 0.3) is 0 Å². The maximum atomic E-state index is 10.3. The van der Waals surface area contributed by atoms with Gasteiger partial charge in [-0.15, -0.1) is 0 Å². The van der Waals surface area contributed by atoms with Crippen LogP contribution in [0.5, 0.6) is 0 Å². The third-order valence-electron chi connectivity index (χ3n) is 4.96. The molecule has 0 aliphatic carbocycles. The molecular formula is C16H30O11. The molecule has 0 aromatic carbocycles. The lowest BCUT2D eigenvalue weighted by Crippen LogP contribution is -2.64. The van der Waals surface area contributed by atoms with E-state index in [1.54, 1.807) is 13.8 Å². The number of ether oxygens (including phenoxy) is 4. The quantitative estimate of drug-likeness (QED) is 0.234. The Bertz CT molecular complexity index is 460. The minimum atomic E-state index is -1.63. The molecule has 0 aromatic rings. The molecule has 0 bridgehead atoms. The van der Waals surface area contributed by atoms with E-state index in [2.05, 4.69) is 0 Å². The maximum absolute atomic E-state index is 10.3. The average Bonchev–Trinajstić information content (AvgIpc) is 2.64. The first kappa shape index (κ1) is 22.8. The van der Waals surface area contributed by atoms with Crippen molar-refractivity contribution in [3.63, 3.8) is 0 Å². The van der Waals surface area contributed by atoms with Crippen molar-refractivity contribution in [2.75, 3.05) is 13.7 Å². The fourth-order valence-electron chi connectivity index (χ4n) is 3.29. The fourth-order valence-corrected chi connectivity index (χ4v) is 3.29. The number of aliphatic hydroxyl groups excluding tert-OH is 7. The molecule has 11 heteroatoms. The summed E-state index contributed by atoms with van der Waals surface area (Å²) in [5.41, 5.74) is 0. The molecule has 2 aliphatic rings. The number of hydrogen-bond acceptors (Lipinski definition) is 11. The SMILES string of the molecule is CO[C@H]1O[C@H]([C@H](O[C@H]2O[C@H](CO)[C@@H](O)[C@H](O)[C@H]2O)C(C)C)[C@@H](O)[C@H](O)[C@H]1O. The number of hydrogen-bond donors (Lipinski definition) is 7. The third-order valence-corrected chi connectivity index (χ3v) is 4.96. The van der Waals surface area contributed by atoms with Crippen LogP contribution in [0.3, 0.4) is 0 Å². The molecule has 0 aromatic heterocycles. The highest BCUT2D eigenvalue weighted by molar-refractivity contribution is 4.95. The molecule has 2 rings (SSSR count). The van der Waals surface area contributed by atoms with E-state index in [1.165, 1.54) is 7.11 Å². The van der Waals surface area contributed by atoms with E-state index in [0.29, 0.717) is 0 Å². The molecule has 11 nitrogen and oxygen atoms in total. The fraction of sp³-hybridized carbons (Fsp3) is 1.00. The summed E-state index contributed by atoms with van der Waals surface area (Å²) < 4.78 is 21.5. The molecule has 2 saturated heterocycles. The van der Waals surface area contributed by atoms with Crippen molar-refractivity contribution in [1.82, 2.24) is 0 Å². The smallest absolute Gasteiger partial charge is 0.187 e. The first-order chi connectivity index (χ1) is 12.6. The standard InChI is InChI=1S/C16H30O11/c1-5(2)13(14-10(21)9(20)11(22)15(24-3)27-14)26-16-12(23)8(19)7(18)6(4-17)25-16/h5-23H,4H2,1-3H3/t6-,7-,8+,9+,10+,11-,12-,13-,14+,15+,16-/m1/s1. The van der Waals surface area contributed by atoms with E-state index in [4.69, 9.17) is 18.9 Å². The van der Waals surface area contributed by atoms with Gasteiger partial charge in [0.05, 0.1) is 12.7 Å². The lowest BCUT2D eigenvalue weighted by atomic mass is 9.90. The van der Waals surface area contributed by atoms with Gasteiger partial charge in [-0.25, -0.2) is 0 Å². The number of rotatable bonds is 6. The zero-order chi connectivity index (χ0) is 20.5. The molecule has 2 fully saturated rings. The molecule has 7 N–H and O–H groups in total. The van der Waals surface area contributed by atoms with Crippen LogP contribution in [-0.4, -0.2) is 117 Å². The van der Waals surface area contributed by atoms with Crippen LogP contribution in [0.25, 0.3) is 0 Å². The Morgan fingerprint density at radius 3 is 1.85 bits per heavy atom. The molecule has 160 valence electrons. The summed E-state index contributed by atoms with van der Waals surface area (Å²) in [5.74, 6) is -0.322. The topological polar surface area (TPSA) is 179 Å². The van der Waals surface area contributed by atoms with Crippen LogP contribution in [0.2, 0.25) is 0 Å². The largest absolute Gasteiger partial charge is 0.394 e. The summed E-state index contributed by atoms with van der Waals surface area (Å²) >= 11 is 0. The van der Waals surface area contributed by atoms with Crippen molar-refractivity contribution in [1.29, 1.82) is 0 Å². The van der Waals surface area contributed by atoms with Gasteiger partial charge in [0.15, 0.2) is 12.6 Å². The minimum Gasteiger partial charge on any atom is -0.394 e. The van der Waals surface area contributed by atoms with Gasteiger partial charge in [0.2, 0.25) is 0 Å². The Morgan fingerprint density at radius 1 is 0.778 bits per heavy atom. The highest BCUT2D eigenvalue weighted by Gasteiger charge is 2.51. The summed E-state index contributed by atoms with van der Waals surface area (Å²) in [7, 11) is 1.26. The minimum absolute atomic E-state index is 0.322. The Labute approximate surface area is 156 Å². The first-order valence-corrected chi connectivity index (χ1v) is 8.82. The second-order valence-corrected chi connectivity index (χ2v) is 7.22. The predicted octanol–water partition coefficient (Wildman–Crippen LogP) is -3.72. The summed E-state index contributed by atoms with van der Waals surface area (Å²) in [6, 6.07) is 0. The molecule has 11 atom stereocenters. The van der Waals surface area contributed by atoms with E-state index in [9.17, 15) is 35.7 Å². The highest BCUT2D eigenvalue weighted by Crippen LogP contribution is 2.31. The molecule has 2 heterocycles. The Hall–Kier alpha value is -0.440. The van der Waals surface area contributed by atoms with Crippen LogP contribution in [-0.2, 0) is 18.9 Å². The number of methoxy groups -OCH3 is 1. The Kier molecular flexibility index (Phi) is 7.93. The maximum Gasteiger partial charge on any atom is 0.187 e. The number of aliphatic hydroxyl groups is 7. The van der Waals surface area contributed by atoms with Gasteiger partial charge in [0, 0.05) is 7.11 Å². The van der Waals surface area contributed by atoms with Gasteiger partial charge < -0.3 is 54.7 Å². The highest BCUT2D eigenvalue weighted by atomic mass is 16.7. The second-order valence-electron chi connectivity index (χ2n) is 7.22. The summed E-state index contributed by atoms with van der Waals surface area (Å²) in [4.78, 5) is 0. The van der Waals surface area contributed by atoms with Crippen molar-refractivity contribution >= 4 is 0 Å². The van der Waals surface area contributed by atoms with Gasteiger partial charge >= 0.3 is 0 Å². The Morgan fingerprint density at radius 2 is 1.33 bits per heavy atom. The van der Waals surface area contributed by atoms with Crippen LogP contribution in [0.15, 0.2) is 0 Å². The van der Waals surface area contributed by atoms with Gasteiger partial charge in [-0.1, -0.05) is 13.8 Å². The molecule has 0 radical (unpaired) electrons. The molecule has 2 aliphatic heterocycles. The molecule has 0 unspecified atom stereocenters. The third kappa shape index (κ3) is 4.60. The van der Waals surface area contributed by atoms with Crippen molar-refractivity contribution in [2.24, 2.45) is 5.92 Å². The van der Waals surface area contributed by atoms with Crippen molar-refractivity contribution in [2.45, 2.75) is 81.4 Å². The molecule has 0 saturated carbocycles. The van der Waals surface area contributed by atoms with Crippen molar-refractivity contribution < 1.29 is 54.7 Å². The predicted molar refractivity (Wildman–Crippen MR) is 87.2 cm³/mol. The normalized spacial score (nSPS) is 47.2. The zero-order valence-electron chi connectivity index (χ0n) is 15.4. The summed E-state index contributed by atoms with van der Waals surface area (Å²) in [5, 5.41) is 69.4. The van der Waals surface area contributed by atoms with Crippen LogP contribution in [0, 0.1) is 5.92 Å². The lowest BCUT2D eigenvalue weighted by Gasteiger charge is -2.46. The van der Waals surface area contributed by atoms with Gasteiger partial charge in [-0.05, 0) is 5.92 Å². The van der Waals surface area contributed by atoms with Crippen LogP contribution in [0.4, 0.5) is 0 Å². The second kappa shape index (κ2) is 9.37. The van der Waals surface area contributed by atoms with Crippen LogP contribution in [0.1, 0.15) is 13.8 Å². The molecular weight excluding hydrogens is 368 g/mol. The zero-order valence-corrected chi connectivity index (χ0v) is 15.4. The summed E-state index contributed by atoms with van der Waals surface area (Å²) in [6.07, 6.45) is -15.3. The molecule has 0 amide bonds.